The second-order valence-electron chi connectivity index (χ2n) is 6.32. The van der Waals surface area contributed by atoms with Gasteiger partial charge in [-0.2, -0.15) is 5.10 Å². The van der Waals surface area contributed by atoms with Gasteiger partial charge in [-0.3, -0.25) is 9.59 Å². The minimum absolute atomic E-state index is 0.0475. The van der Waals surface area contributed by atoms with Crippen molar-refractivity contribution in [2.45, 2.75) is 36.6 Å². The number of hydrogen-bond donors (Lipinski definition) is 2. The standard InChI is InChI=1S/C17H20N4O4S/c18-26(24,25)14-5-1-12(2-6-14)9-10-19-16(22)11-21-17(23)8-7-15(20-21)13-3-4-13/h1-2,5-8,13H,3-4,9-11H2,(H,19,22)(H2,18,24,25). The molecule has 0 bridgehead atoms. The molecular formula is C17H20N4O4S. The molecule has 0 saturated heterocycles. The molecule has 0 atom stereocenters. The summed E-state index contributed by atoms with van der Waals surface area (Å²) in [6, 6.07) is 9.33. The van der Waals surface area contributed by atoms with Crippen LogP contribution < -0.4 is 16.0 Å². The summed E-state index contributed by atoms with van der Waals surface area (Å²) in [4.78, 5) is 23.9. The molecule has 1 aliphatic rings. The predicted octanol–water partition coefficient (Wildman–Crippen LogP) is 0.127. The van der Waals surface area contributed by atoms with Crippen molar-refractivity contribution < 1.29 is 13.2 Å². The average molecular weight is 376 g/mol. The molecule has 1 aromatic carbocycles. The van der Waals surface area contributed by atoms with Crippen molar-refractivity contribution in [3.63, 3.8) is 0 Å². The fourth-order valence-corrected chi connectivity index (χ4v) is 3.07. The van der Waals surface area contributed by atoms with E-state index >= 15 is 0 Å². The number of rotatable bonds is 7. The first-order valence-corrected chi connectivity index (χ1v) is 9.84. The fraction of sp³-hybridized carbons (Fsp3) is 0.353. The highest BCUT2D eigenvalue weighted by molar-refractivity contribution is 7.89. The lowest BCUT2D eigenvalue weighted by molar-refractivity contribution is -0.121. The molecule has 9 heteroatoms. The van der Waals surface area contributed by atoms with E-state index < -0.39 is 10.0 Å². The molecule has 0 unspecified atom stereocenters. The van der Waals surface area contributed by atoms with Gasteiger partial charge in [0.05, 0.1) is 10.6 Å². The number of amides is 1. The van der Waals surface area contributed by atoms with Crippen molar-refractivity contribution in [3.8, 4) is 0 Å². The van der Waals surface area contributed by atoms with Gasteiger partial charge in [0.2, 0.25) is 15.9 Å². The van der Waals surface area contributed by atoms with E-state index in [9.17, 15) is 18.0 Å². The smallest absolute Gasteiger partial charge is 0.267 e. The molecule has 3 N–H and O–H groups in total. The third kappa shape index (κ3) is 4.77. The maximum atomic E-state index is 12.0. The summed E-state index contributed by atoms with van der Waals surface area (Å²) in [5.74, 6) is 0.110. The van der Waals surface area contributed by atoms with Gasteiger partial charge in [-0.25, -0.2) is 18.2 Å². The normalized spacial score (nSPS) is 14.2. The number of nitrogens with zero attached hydrogens (tertiary/aromatic N) is 2. The first-order chi connectivity index (χ1) is 12.3. The molecule has 3 rings (SSSR count). The van der Waals surface area contributed by atoms with Crippen molar-refractivity contribution >= 4 is 15.9 Å². The maximum absolute atomic E-state index is 12.0. The summed E-state index contributed by atoms with van der Waals surface area (Å²) in [6.07, 6.45) is 2.67. The van der Waals surface area contributed by atoms with Crippen LogP contribution in [0.2, 0.25) is 0 Å². The van der Waals surface area contributed by atoms with Crippen LogP contribution in [0.5, 0.6) is 0 Å². The van der Waals surface area contributed by atoms with Crippen LogP contribution in [-0.2, 0) is 27.8 Å². The van der Waals surface area contributed by atoms with E-state index in [0.29, 0.717) is 18.9 Å². The summed E-state index contributed by atoms with van der Waals surface area (Å²) in [6.45, 7) is 0.244. The third-order valence-electron chi connectivity index (χ3n) is 4.16. The van der Waals surface area contributed by atoms with Crippen LogP contribution in [0.4, 0.5) is 0 Å². The number of aromatic nitrogens is 2. The van der Waals surface area contributed by atoms with Gasteiger partial charge in [0.25, 0.3) is 5.56 Å². The first kappa shape index (κ1) is 18.3. The van der Waals surface area contributed by atoms with Gasteiger partial charge in [0.1, 0.15) is 6.54 Å². The van der Waals surface area contributed by atoms with Crippen molar-refractivity contribution in [2.24, 2.45) is 5.14 Å². The van der Waals surface area contributed by atoms with E-state index in [4.69, 9.17) is 5.14 Å². The molecule has 1 heterocycles. The van der Waals surface area contributed by atoms with Gasteiger partial charge < -0.3 is 5.32 Å². The van der Waals surface area contributed by atoms with Gasteiger partial charge in [-0.05, 0) is 43.0 Å². The third-order valence-corrected chi connectivity index (χ3v) is 5.09. The molecular weight excluding hydrogens is 356 g/mol. The Balaban J connectivity index is 1.51. The molecule has 26 heavy (non-hydrogen) atoms. The van der Waals surface area contributed by atoms with Gasteiger partial charge in [-0.1, -0.05) is 12.1 Å². The Labute approximate surface area is 151 Å². The van der Waals surface area contributed by atoms with Gasteiger partial charge in [-0.15, -0.1) is 0 Å². The zero-order valence-corrected chi connectivity index (χ0v) is 14.9. The largest absolute Gasteiger partial charge is 0.354 e. The van der Waals surface area contributed by atoms with Crippen LogP contribution in [0.15, 0.2) is 46.1 Å². The number of primary sulfonamides is 1. The van der Waals surface area contributed by atoms with E-state index in [1.54, 1.807) is 18.2 Å². The Morgan fingerprint density at radius 2 is 1.88 bits per heavy atom. The van der Waals surface area contributed by atoms with Gasteiger partial charge in [0, 0.05) is 18.5 Å². The Hall–Kier alpha value is -2.52. The predicted molar refractivity (Wildman–Crippen MR) is 95.0 cm³/mol. The fourth-order valence-electron chi connectivity index (χ4n) is 2.56. The Morgan fingerprint density at radius 3 is 2.50 bits per heavy atom. The highest BCUT2D eigenvalue weighted by atomic mass is 32.2. The summed E-state index contributed by atoms with van der Waals surface area (Å²) in [7, 11) is -3.71. The zero-order chi connectivity index (χ0) is 18.7. The van der Waals surface area contributed by atoms with E-state index in [-0.39, 0.29) is 22.9 Å². The maximum Gasteiger partial charge on any atom is 0.267 e. The highest BCUT2D eigenvalue weighted by Gasteiger charge is 2.25. The lowest BCUT2D eigenvalue weighted by Gasteiger charge is -2.08. The minimum Gasteiger partial charge on any atom is -0.354 e. The molecule has 0 spiro atoms. The molecule has 1 aromatic heterocycles. The average Bonchev–Trinajstić information content (AvgIpc) is 3.41. The molecule has 0 radical (unpaired) electrons. The van der Waals surface area contributed by atoms with E-state index in [1.807, 2.05) is 0 Å². The Kier molecular flexibility index (Phi) is 5.19. The van der Waals surface area contributed by atoms with E-state index in [2.05, 4.69) is 10.4 Å². The number of hydrogen-bond acceptors (Lipinski definition) is 5. The number of sulfonamides is 1. The molecule has 8 nitrogen and oxygen atoms in total. The zero-order valence-electron chi connectivity index (χ0n) is 14.1. The molecule has 1 fully saturated rings. The SMILES string of the molecule is NS(=O)(=O)c1ccc(CCNC(=O)Cn2nc(C3CC3)ccc2=O)cc1. The van der Waals surface area contributed by atoms with Crippen molar-refractivity contribution in [1.29, 1.82) is 0 Å². The highest BCUT2D eigenvalue weighted by Crippen LogP contribution is 2.38. The van der Waals surface area contributed by atoms with Crippen molar-refractivity contribution in [2.75, 3.05) is 6.54 Å². The number of nitrogens with one attached hydrogen (secondary N) is 1. The summed E-state index contributed by atoms with van der Waals surface area (Å²) < 4.78 is 23.6. The van der Waals surface area contributed by atoms with Crippen LogP contribution in [0.3, 0.4) is 0 Å². The summed E-state index contributed by atoms with van der Waals surface area (Å²) in [5, 5.41) is 12.0. The summed E-state index contributed by atoms with van der Waals surface area (Å²) in [5.41, 5.74) is 1.42. The van der Waals surface area contributed by atoms with E-state index in [1.165, 1.54) is 22.9 Å². The lowest BCUT2D eigenvalue weighted by Crippen LogP contribution is -2.34. The van der Waals surface area contributed by atoms with Crippen LogP contribution >= 0.6 is 0 Å². The molecule has 1 aliphatic carbocycles. The molecule has 138 valence electrons. The monoisotopic (exact) mass is 376 g/mol. The quantitative estimate of drug-likeness (QED) is 0.711. The van der Waals surface area contributed by atoms with Crippen molar-refractivity contribution in [3.05, 3.63) is 58.0 Å². The second-order valence-corrected chi connectivity index (χ2v) is 7.88. The number of nitrogens with two attached hydrogens (primary N) is 1. The van der Waals surface area contributed by atoms with Crippen LogP contribution in [-0.4, -0.2) is 30.7 Å². The first-order valence-electron chi connectivity index (χ1n) is 8.29. The molecule has 2 aromatic rings. The number of carbonyl (C=O) groups is 1. The van der Waals surface area contributed by atoms with Crippen molar-refractivity contribution in [1.82, 2.24) is 15.1 Å². The van der Waals surface area contributed by atoms with Crippen LogP contribution in [0.1, 0.15) is 30.0 Å². The van der Waals surface area contributed by atoms with Crippen LogP contribution in [0.25, 0.3) is 0 Å². The van der Waals surface area contributed by atoms with Gasteiger partial charge >= 0.3 is 0 Å². The molecule has 0 aliphatic heterocycles. The number of benzene rings is 1. The van der Waals surface area contributed by atoms with Gasteiger partial charge in [0.15, 0.2) is 0 Å². The lowest BCUT2D eigenvalue weighted by atomic mass is 10.1. The second kappa shape index (κ2) is 7.38. The molecule has 1 saturated carbocycles. The number of carbonyl (C=O) groups excluding carboxylic acids is 1. The minimum atomic E-state index is -3.71. The van der Waals surface area contributed by atoms with Crippen LogP contribution in [0, 0.1) is 0 Å². The molecule has 1 amide bonds. The Morgan fingerprint density at radius 1 is 1.19 bits per heavy atom. The van der Waals surface area contributed by atoms with E-state index in [0.717, 1.165) is 24.1 Å². The summed E-state index contributed by atoms with van der Waals surface area (Å²) >= 11 is 0. The Bertz CT molecular complexity index is 963. The topological polar surface area (TPSA) is 124 Å².